The molecule has 0 aliphatic carbocycles. The molecule has 0 spiro atoms. The predicted molar refractivity (Wildman–Crippen MR) is 124 cm³/mol. The summed E-state index contributed by atoms with van der Waals surface area (Å²) in [5.41, 5.74) is 7.91. The molecule has 0 fully saturated rings. The number of hydrogen-bond donors (Lipinski definition) is 2. The Bertz CT molecular complexity index is 1020. The number of hydrogen-bond acceptors (Lipinski definition) is 4. The maximum Gasteiger partial charge on any atom is 0.262 e. The predicted octanol–water partition coefficient (Wildman–Crippen LogP) is 4.53. The third kappa shape index (κ3) is 8.03. The van der Waals surface area contributed by atoms with Crippen molar-refractivity contribution in [1.82, 2.24) is 10.9 Å². The summed E-state index contributed by atoms with van der Waals surface area (Å²) in [7, 11) is 0. The molecule has 0 saturated carbocycles. The largest absolute Gasteiger partial charge is 0.489 e. The van der Waals surface area contributed by atoms with Crippen molar-refractivity contribution in [3.63, 3.8) is 0 Å². The first-order chi connectivity index (χ1) is 15.1. The molecular formula is C25H24N2O3S. The van der Waals surface area contributed by atoms with Gasteiger partial charge >= 0.3 is 0 Å². The van der Waals surface area contributed by atoms with Gasteiger partial charge in [0, 0.05) is 11.0 Å². The Morgan fingerprint density at radius 2 is 1.61 bits per heavy atom. The summed E-state index contributed by atoms with van der Waals surface area (Å²) in [5, 5.41) is 0. The van der Waals surface area contributed by atoms with Crippen LogP contribution >= 0.6 is 11.8 Å². The van der Waals surface area contributed by atoms with E-state index < -0.39 is 5.91 Å². The van der Waals surface area contributed by atoms with Crippen LogP contribution in [0.2, 0.25) is 0 Å². The Morgan fingerprint density at radius 1 is 0.903 bits per heavy atom. The van der Waals surface area contributed by atoms with E-state index in [4.69, 9.17) is 4.74 Å². The van der Waals surface area contributed by atoms with Gasteiger partial charge in [-0.3, -0.25) is 20.4 Å². The lowest BCUT2D eigenvalue weighted by Gasteiger charge is -2.06. The van der Waals surface area contributed by atoms with E-state index in [9.17, 15) is 9.59 Å². The van der Waals surface area contributed by atoms with Gasteiger partial charge in [-0.25, -0.2) is 0 Å². The Morgan fingerprint density at radius 3 is 2.32 bits per heavy atom. The van der Waals surface area contributed by atoms with Crippen molar-refractivity contribution in [3.05, 3.63) is 102 Å². The maximum absolute atomic E-state index is 11.9. The van der Waals surface area contributed by atoms with Crippen molar-refractivity contribution in [1.29, 1.82) is 0 Å². The zero-order valence-electron chi connectivity index (χ0n) is 17.2. The fraction of sp³-hybridized carbons (Fsp3) is 0.120. The molecule has 158 valence electrons. The average molecular weight is 433 g/mol. The average Bonchev–Trinajstić information content (AvgIpc) is 2.81. The van der Waals surface area contributed by atoms with Crippen LogP contribution in [0.3, 0.4) is 0 Å². The molecule has 0 radical (unpaired) electrons. The van der Waals surface area contributed by atoms with E-state index in [0.29, 0.717) is 6.61 Å². The van der Waals surface area contributed by atoms with E-state index in [1.807, 2.05) is 85.8 Å². The quantitative estimate of drug-likeness (QED) is 0.312. The second-order valence-electron chi connectivity index (χ2n) is 6.82. The summed E-state index contributed by atoms with van der Waals surface area (Å²) in [4.78, 5) is 24.8. The Labute approximate surface area is 186 Å². The topological polar surface area (TPSA) is 67.4 Å². The lowest BCUT2D eigenvalue weighted by molar-refractivity contribution is -0.125. The molecule has 31 heavy (non-hydrogen) atoms. The van der Waals surface area contributed by atoms with Gasteiger partial charge in [-0.15, -0.1) is 11.8 Å². The molecule has 3 aromatic rings. The third-order valence-electron chi connectivity index (χ3n) is 4.27. The van der Waals surface area contributed by atoms with Gasteiger partial charge in [0.25, 0.3) is 5.91 Å². The number of rotatable bonds is 8. The Kier molecular flexibility index (Phi) is 8.31. The van der Waals surface area contributed by atoms with Crippen molar-refractivity contribution in [2.75, 3.05) is 5.75 Å². The van der Waals surface area contributed by atoms with Gasteiger partial charge < -0.3 is 4.74 Å². The summed E-state index contributed by atoms with van der Waals surface area (Å²) in [5.74, 6) is 0.298. The first-order valence-electron chi connectivity index (χ1n) is 9.82. The first-order valence-corrected chi connectivity index (χ1v) is 10.8. The fourth-order valence-electron chi connectivity index (χ4n) is 2.58. The zero-order chi connectivity index (χ0) is 21.9. The molecule has 0 saturated heterocycles. The Balaban J connectivity index is 1.37. The summed E-state index contributed by atoms with van der Waals surface area (Å²) < 4.78 is 5.75. The minimum absolute atomic E-state index is 0.220. The molecule has 2 N–H and O–H groups in total. The van der Waals surface area contributed by atoms with Gasteiger partial charge in [-0.1, -0.05) is 60.2 Å². The molecule has 5 nitrogen and oxygen atoms in total. The number of thioether (sulfide) groups is 1. The van der Waals surface area contributed by atoms with Crippen LogP contribution in [-0.2, 0) is 16.2 Å². The van der Waals surface area contributed by atoms with Crippen LogP contribution in [0.5, 0.6) is 5.75 Å². The monoisotopic (exact) mass is 432 g/mol. The van der Waals surface area contributed by atoms with E-state index in [0.717, 1.165) is 21.8 Å². The molecule has 0 atom stereocenters. The van der Waals surface area contributed by atoms with Crippen molar-refractivity contribution >= 4 is 29.7 Å². The third-order valence-corrected chi connectivity index (χ3v) is 5.28. The maximum atomic E-state index is 11.9. The molecule has 0 aliphatic heterocycles. The van der Waals surface area contributed by atoms with Gasteiger partial charge in [0.05, 0.1) is 5.75 Å². The number of aryl methyl sites for hydroxylation is 1. The molecular weight excluding hydrogens is 408 g/mol. The minimum Gasteiger partial charge on any atom is -0.489 e. The van der Waals surface area contributed by atoms with E-state index in [2.05, 4.69) is 10.9 Å². The number of carbonyl (C=O) groups is 2. The van der Waals surface area contributed by atoms with Crippen LogP contribution in [0.1, 0.15) is 16.7 Å². The lowest BCUT2D eigenvalue weighted by atomic mass is 10.2. The Hall–Kier alpha value is -3.51. The highest BCUT2D eigenvalue weighted by atomic mass is 32.2. The second kappa shape index (κ2) is 11.6. The molecule has 2 amide bonds. The summed E-state index contributed by atoms with van der Waals surface area (Å²) in [6.07, 6.45) is 3.04. The summed E-state index contributed by atoms with van der Waals surface area (Å²) in [6, 6.07) is 25.3. The molecule has 3 rings (SSSR count). The van der Waals surface area contributed by atoms with Crippen LogP contribution in [0.15, 0.2) is 89.8 Å². The molecule has 0 bridgehead atoms. The molecule has 6 heteroatoms. The normalized spacial score (nSPS) is 10.6. The van der Waals surface area contributed by atoms with Crippen molar-refractivity contribution in [2.24, 2.45) is 0 Å². The van der Waals surface area contributed by atoms with E-state index in [1.54, 1.807) is 6.08 Å². The first kappa shape index (κ1) is 22.2. The molecule has 0 aliphatic rings. The van der Waals surface area contributed by atoms with Crippen molar-refractivity contribution in [2.45, 2.75) is 18.4 Å². The highest BCUT2D eigenvalue weighted by Crippen LogP contribution is 2.17. The van der Waals surface area contributed by atoms with Gasteiger partial charge in [0.1, 0.15) is 12.4 Å². The fourth-order valence-corrected chi connectivity index (χ4v) is 3.28. The standard InChI is InChI=1S/C25H24N2O3S/c1-19-7-14-23(15-8-19)31-18-25(29)27-26-24(28)16-11-20-9-12-22(13-10-20)30-17-21-5-3-2-4-6-21/h2-16H,17-18H2,1H3,(H,26,28)(H,27,29)/b16-11+. The zero-order valence-corrected chi connectivity index (χ0v) is 18.0. The number of hydrazine groups is 1. The smallest absolute Gasteiger partial charge is 0.262 e. The number of nitrogens with one attached hydrogen (secondary N) is 2. The van der Waals surface area contributed by atoms with Gasteiger partial charge in [0.2, 0.25) is 5.91 Å². The highest BCUT2D eigenvalue weighted by molar-refractivity contribution is 8.00. The number of amides is 2. The molecule has 3 aromatic carbocycles. The number of carbonyl (C=O) groups excluding carboxylic acids is 2. The van der Waals surface area contributed by atoms with Crippen LogP contribution in [-0.4, -0.2) is 17.6 Å². The van der Waals surface area contributed by atoms with Gasteiger partial charge in [-0.2, -0.15) is 0 Å². The van der Waals surface area contributed by atoms with Crippen molar-refractivity contribution < 1.29 is 14.3 Å². The number of benzene rings is 3. The summed E-state index contributed by atoms with van der Waals surface area (Å²) in [6.45, 7) is 2.51. The SMILES string of the molecule is Cc1ccc(SCC(=O)NNC(=O)/C=C/c2ccc(OCc3ccccc3)cc2)cc1. The minimum atomic E-state index is -0.405. The molecule has 0 heterocycles. The molecule has 0 unspecified atom stereocenters. The highest BCUT2D eigenvalue weighted by Gasteiger charge is 2.04. The lowest BCUT2D eigenvalue weighted by Crippen LogP contribution is -2.41. The van der Waals surface area contributed by atoms with Crippen LogP contribution < -0.4 is 15.6 Å². The van der Waals surface area contributed by atoms with Gasteiger partial charge in [-0.05, 0) is 48.4 Å². The van der Waals surface area contributed by atoms with Gasteiger partial charge in [0.15, 0.2) is 0 Å². The van der Waals surface area contributed by atoms with E-state index >= 15 is 0 Å². The van der Waals surface area contributed by atoms with Crippen LogP contribution in [0, 0.1) is 6.92 Å². The second-order valence-corrected chi connectivity index (χ2v) is 7.86. The van der Waals surface area contributed by atoms with Crippen molar-refractivity contribution in [3.8, 4) is 5.75 Å². The summed E-state index contributed by atoms with van der Waals surface area (Å²) >= 11 is 1.41. The van der Waals surface area contributed by atoms with E-state index in [-0.39, 0.29) is 11.7 Å². The van der Waals surface area contributed by atoms with Crippen LogP contribution in [0.25, 0.3) is 6.08 Å². The van der Waals surface area contributed by atoms with E-state index in [1.165, 1.54) is 23.4 Å². The number of ether oxygens (including phenoxy) is 1. The molecule has 0 aromatic heterocycles. The van der Waals surface area contributed by atoms with Crippen LogP contribution in [0.4, 0.5) is 0 Å².